The summed E-state index contributed by atoms with van der Waals surface area (Å²) in [7, 11) is 0. The van der Waals surface area contributed by atoms with E-state index < -0.39 is 0 Å². The van der Waals surface area contributed by atoms with E-state index in [1.807, 2.05) is 0 Å². The maximum Gasteiger partial charge on any atom is 0.0465 e. The summed E-state index contributed by atoms with van der Waals surface area (Å²) < 4.78 is 0. The molecule has 0 radical (unpaired) electrons. The van der Waals surface area contributed by atoms with Gasteiger partial charge in [0.15, 0.2) is 0 Å². The van der Waals surface area contributed by atoms with E-state index in [2.05, 4.69) is 262 Å². The van der Waals surface area contributed by atoms with Crippen LogP contribution in [0.15, 0.2) is 223 Å². The van der Waals surface area contributed by atoms with Crippen molar-refractivity contribution in [3.05, 3.63) is 262 Å². The van der Waals surface area contributed by atoms with Crippen molar-refractivity contribution in [2.45, 2.75) is 63.7 Å². The molecule has 0 saturated carbocycles. The summed E-state index contributed by atoms with van der Waals surface area (Å²) in [5.41, 5.74) is 21.8. The normalized spacial score (nSPS) is 17.4. The molecule has 66 heavy (non-hydrogen) atoms. The quantitative estimate of drug-likeness (QED) is 0.127. The molecule has 11 rings (SSSR count). The summed E-state index contributed by atoms with van der Waals surface area (Å²) in [6, 6.07) is 62.3. The Morgan fingerprint density at radius 2 is 1.02 bits per heavy atom. The van der Waals surface area contributed by atoms with Crippen molar-refractivity contribution in [2.24, 2.45) is 0 Å². The Hall–Kier alpha value is -7.42. The van der Waals surface area contributed by atoms with Crippen LogP contribution in [0, 0.1) is 0 Å². The van der Waals surface area contributed by atoms with Crippen molar-refractivity contribution in [3.8, 4) is 11.1 Å². The molecule has 0 fully saturated rings. The van der Waals surface area contributed by atoms with Gasteiger partial charge in [0.25, 0.3) is 0 Å². The molecule has 1 atom stereocenters. The predicted octanol–water partition coefficient (Wildman–Crippen LogP) is 17.3. The first-order valence-electron chi connectivity index (χ1n) is 23.7. The van der Waals surface area contributed by atoms with E-state index in [4.69, 9.17) is 0 Å². The lowest BCUT2D eigenvalue weighted by Gasteiger charge is -2.30. The Morgan fingerprint density at radius 3 is 1.65 bits per heavy atom. The summed E-state index contributed by atoms with van der Waals surface area (Å²) in [6.07, 6.45) is 23.8. The van der Waals surface area contributed by atoms with Gasteiger partial charge in [-0.1, -0.05) is 191 Å². The van der Waals surface area contributed by atoms with Crippen molar-refractivity contribution in [1.29, 1.82) is 0 Å². The van der Waals surface area contributed by atoms with Crippen molar-refractivity contribution in [3.63, 3.8) is 0 Å². The van der Waals surface area contributed by atoms with E-state index in [9.17, 15) is 0 Å². The average Bonchev–Trinajstić information content (AvgIpc) is 3.72. The fourth-order valence-electron chi connectivity index (χ4n) is 11.0. The van der Waals surface area contributed by atoms with Gasteiger partial charge in [-0.05, 0) is 142 Å². The number of hydrogen-bond donors (Lipinski definition) is 0. The van der Waals surface area contributed by atoms with Crippen LogP contribution in [0.2, 0.25) is 0 Å². The molecule has 0 N–H and O–H groups in total. The van der Waals surface area contributed by atoms with E-state index in [0.717, 1.165) is 30.6 Å². The molecule has 1 unspecified atom stereocenters. The number of para-hydroxylation sites is 3. The zero-order valence-corrected chi connectivity index (χ0v) is 38.5. The van der Waals surface area contributed by atoms with Crippen molar-refractivity contribution in [1.82, 2.24) is 0 Å². The molecule has 4 aliphatic carbocycles. The first-order chi connectivity index (χ1) is 32.2. The average molecular weight is 853 g/mol. The van der Waals surface area contributed by atoms with E-state index in [1.54, 1.807) is 0 Å². The molecule has 0 aromatic heterocycles. The minimum Gasteiger partial charge on any atom is -0.314 e. The van der Waals surface area contributed by atoms with Gasteiger partial charge in [0.1, 0.15) is 0 Å². The van der Waals surface area contributed by atoms with Crippen LogP contribution >= 0.6 is 0 Å². The first kappa shape index (κ1) is 41.3. The van der Waals surface area contributed by atoms with Gasteiger partial charge < -0.3 is 9.80 Å². The molecule has 4 aliphatic rings. The fraction of sp³-hybridized carbons (Fsp3) is 0.156. The molecule has 0 saturated heterocycles. The Kier molecular flexibility index (Phi) is 10.5. The second-order valence-corrected chi connectivity index (χ2v) is 19.3. The summed E-state index contributed by atoms with van der Waals surface area (Å²) in [5.74, 6) is 0.421. The Labute approximate surface area is 391 Å². The van der Waals surface area contributed by atoms with E-state index in [0.29, 0.717) is 5.92 Å². The van der Waals surface area contributed by atoms with Gasteiger partial charge in [0.2, 0.25) is 0 Å². The lowest BCUT2D eigenvalue weighted by atomic mass is 9.77. The topological polar surface area (TPSA) is 6.48 Å². The van der Waals surface area contributed by atoms with E-state index in [1.165, 1.54) is 84.0 Å². The minimum absolute atomic E-state index is 0.0599. The minimum atomic E-state index is -0.141. The van der Waals surface area contributed by atoms with Gasteiger partial charge in [-0.15, -0.1) is 0 Å². The highest BCUT2D eigenvalue weighted by atomic mass is 15.2. The molecule has 0 heterocycles. The monoisotopic (exact) mass is 852 g/mol. The molecule has 322 valence electrons. The van der Waals surface area contributed by atoms with Gasteiger partial charge in [0, 0.05) is 50.9 Å². The van der Waals surface area contributed by atoms with E-state index in [-0.39, 0.29) is 10.8 Å². The van der Waals surface area contributed by atoms with Gasteiger partial charge in [-0.25, -0.2) is 0 Å². The summed E-state index contributed by atoms with van der Waals surface area (Å²) in [6.45, 7) is 9.57. The second kappa shape index (κ2) is 16.9. The van der Waals surface area contributed by atoms with Gasteiger partial charge in [-0.2, -0.15) is 0 Å². The van der Waals surface area contributed by atoms with Crippen LogP contribution in [-0.4, -0.2) is 0 Å². The predicted molar refractivity (Wildman–Crippen MR) is 281 cm³/mol. The maximum absolute atomic E-state index is 2.47. The molecule has 0 spiro atoms. The van der Waals surface area contributed by atoms with Crippen molar-refractivity contribution >= 4 is 46.7 Å². The molecule has 0 amide bonds. The highest BCUT2D eigenvalue weighted by molar-refractivity contribution is 5.87. The van der Waals surface area contributed by atoms with Gasteiger partial charge >= 0.3 is 0 Å². The second-order valence-electron chi connectivity index (χ2n) is 19.3. The van der Waals surface area contributed by atoms with Crippen molar-refractivity contribution in [2.75, 3.05) is 9.80 Å². The lowest BCUT2D eigenvalue weighted by molar-refractivity contribution is 0.611. The van der Waals surface area contributed by atoms with Crippen LogP contribution in [0.5, 0.6) is 0 Å². The number of rotatable bonds is 10. The Bertz CT molecular complexity index is 3100. The third kappa shape index (κ3) is 7.51. The molecule has 2 nitrogen and oxygen atoms in total. The largest absolute Gasteiger partial charge is 0.314 e. The van der Waals surface area contributed by atoms with Crippen LogP contribution in [0.25, 0.3) is 29.4 Å². The van der Waals surface area contributed by atoms with Crippen LogP contribution < -0.4 is 9.80 Å². The number of benzene rings is 7. The fourth-order valence-corrected chi connectivity index (χ4v) is 11.0. The highest BCUT2D eigenvalue weighted by Crippen LogP contribution is 2.55. The Balaban J connectivity index is 0.784. The molecule has 2 heteroatoms. The first-order valence-corrected chi connectivity index (χ1v) is 23.7. The van der Waals surface area contributed by atoms with Crippen LogP contribution in [0.1, 0.15) is 91.8 Å². The van der Waals surface area contributed by atoms with Crippen LogP contribution in [-0.2, 0) is 10.8 Å². The standard InChI is InChI=1S/C64H56N2/c1-63(2)59-41-47(33-37-55(59)57-39-35-53(43-61(57)63)65(49-17-9-5-10-18-49)50-19-11-6-12-20-50)31-29-45-25-27-46(28-26-45)30-32-48-34-38-56-58-40-36-54(44-62(58)64(3,4)60(56)42-48)66(51-21-13-7-14-22-51)52-23-15-8-16-24-52/h5-15,17-23,25-37,39-44,56H,16,24,38H2,1-4H3/b31-29+,32-30+. The zero-order chi connectivity index (χ0) is 44.8. The highest BCUT2D eigenvalue weighted by Gasteiger charge is 2.42. The van der Waals surface area contributed by atoms with E-state index >= 15 is 0 Å². The zero-order valence-electron chi connectivity index (χ0n) is 38.5. The summed E-state index contributed by atoms with van der Waals surface area (Å²) in [4.78, 5) is 4.81. The maximum atomic E-state index is 2.47. The summed E-state index contributed by atoms with van der Waals surface area (Å²) >= 11 is 0. The molecule has 0 aliphatic heterocycles. The molecule has 7 aromatic carbocycles. The molecular formula is C64H56N2. The number of hydrogen-bond acceptors (Lipinski definition) is 2. The number of allylic oxidation sites excluding steroid dienone is 9. The SMILES string of the molecule is CC1(C)C2=CC(/C=C/c3ccc(/C=C/c4ccc5c(c4)C(C)(C)c4cc(N(c6ccccc6)c6ccccc6)ccc4-5)cc3)=CCC2c2ccc(N(C3=CC=CCC3)c3ccccc3)cc21. The van der Waals surface area contributed by atoms with Crippen LogP contribution in [0.3, 0.4) is 0 Å². The summed E-state index contributed by atoms with van der Waals surface area (Å²) in [5, 5.41) is 0. The molecule has 0 bridgehead atoms. The smallest absolute Gasteiger partial charge is 0.0465 e. The lowest BCUT2D eigenvalue weighted by Crippen LogP contribution is -2.20. The Morgan fingerprint density at radius 1 is 0.485 bits per heavy atom. The van der Waals surface area contributed by atoms with Crippen molar-refractivity contribution < 1.29 is 0 Å². The van der Waals surface area contributed by atoms with Gasteiger partial charge in [0.05, 0.1) is 0 Å². The third-order valence-corrected chi connectivity index (χ3v) is 14.5. The molecule has 7 aromatic rings. The van der Waals surface area contributed by atoms with Gasteiger partial charge in [-0.3, -0.25) is 0 Å². The molecular weight excluding hydrogens is 797 g/mol. The number of anilines is 5. The number of fused-ring (bicyclic) bond motifs is 6. The number of nitrogens with zero attached hydrogens (tertiary/aromatic N) is 2. The third-order valence-electron chi connectivity index (χ3n) is 14.5. The van der Waals surface area contributed by atoms with Crippen LogP contribution in [0.4, 0.5) is 28.4 Å².